The highest BCUT2D eigenvalue weighted by Gasteiger charge is 2.38. The van der Waals surface area contributed by atoms with Crippen LogP contribution in [0.2, 0.25) is 5.02 Å². The minimum absolute atomic E-state index is 0.0240. The van der Waals surface area contributed by atoms with E-state index in [1.807, 2.05) is 0 Å². The van der Waals surface area contributed by atoms with Crippen molar-refractivity contribution in [2.45, 2.75) is 31.7 Å². The van der Waals surface area contributed by atoms with Gasteiger partial charge in [0.25, 0.3) is 5.91 Å². The number of carbonyl (C=O) groups excluding carboxylic acids is 3. The molecule has 6 nitrogen and oxygen atoms in total. The molecule has 8 heteroatoms. The summed E-state index contributed by atoms with van der Waals surface area (Å²) in [6.45, 7) is 0.765. The molecule has 1 aromatic carbocycles. The highest BCUT2D eigenvalue weighted by molar-refractivity contribution is 6.30. The van der Waals surface area contributed by atoms with Gasteiger partial charge in [-0.3, -0.25) is 9.59 Å². The van der Waals surface area contributed by atoms with Gasteiger partial charge in [0.2, 0.25) is 5.91 Å². The maximum absolute atomic E-state index is 13.4. The Kier molecular flexibility index (Phi) is 5.22. The van der Waals surface area contributed by atoms with Gasteiger partial charge in [-0.15, -0.1) is 0 Å². The maximum atomic E-state index is 13.4. The van der Waals surface area contributed by atoms with Gasteiger partial charge < -0.3 is 9.64 Å². The number of rotatable bonds is 4. The van der Waals surface area contributed by atoms with Crippen LogP contribution in [-0.4, -0.2) is 53.4 Å². The molecule has 0 radical (unpaired) electrons. The zero-order valence-corrected chi connectivity index (χ0v) is 14.3. The van der Waals surface area contributed by atoms with Crippen molar-refractivity contribution in [2.75, 3.05) is 19.7 Å². The third-order valence-electron chi connectivity index (χ3n) is 4.58. The number of nitrogens with zero attached hydrogens (tertiary/aromatic N) is 2. The second-order valence-corrected chi connectivity index (χ2v) is 6.59. The Bertz CT molecular complexity index is 688. The summed E-state index contributed by atoms with van der Waals surface area (Å²) in [5.74, 6) is -0.835. The van der Waals surface area contributed by atoms with E-state index in [-0.39, 0.29) is 35.9 Å². The molecule has 0 aliphatic carbocycles. The van der Waals surface area contributed by atoms with E-state index in [4.69, 9.17) is 16.3 Å². The fraction of sp³-hybridized carbons (Fsp3) is 0.471. The lowest BCUT2D eigenvalue weighted by Gasteiger charge is -2.34. The smallest absolute Gasteiger partial charge is 0.417 e. The number of benzene rings is 1. The molecule has 0 aromatic heterocycles. The summed E-state index contributed by atoms with van der Waals surface area (Å²) in [5, 5.41) is 0.0622. The molecule has 0 atom stereocenters. The molecular formula is C17H18ClFN2O4. The zero-order valence-electron chi connectivity index (χ0n) is 13.5. The Hall–Kier alpha value is -2.15. The highest BCUT2D eigenvalue weighted by Crippen LogP contribution is 2.22. The molecule has 1 aromatic rings. The zero-order chi connectivity index (χ0) is 18.0. The van der Waals surface area contributed by atoms with Crippen LogP contribution in [-0.2, 0) is 20.7 Å². The predicted molar refractivity (Wildman–Crippen MR) is 87.5 cm³/mol. The first-order chi connectivity index (χ1) is 12.0. The molecule has 0 spiro atoms. The first kappa shape index (κ1) is 17.7. The lowest BCUT2D eigenvalue weighted by molar-refractivity contribution is -0.133. The van der Waals surface area contributed by atoms with E-state index in [0.717, 1.165) is 10.5 Å². The summed E-state index contributed by atoms with van der Waals surface area (Å²) in [7, 11) is 0. The molecule has 2 saturated heterocycles. The summed E-state index contributed by atoms with van der Waals surface area (Å²) < 4.78 is 18.1. The Morgan fingerprint density at radius 3 is 2.60 bits per heavy atom. The number of hydrogen-bond acceptors (Lipinski definition) is 4. The van der Waals surface area contributed by atoms with E-state index in [2.05, 4.69) is 0 Å². The number of cyclic esters (lactones) is 1. The molecule has 25 heavy (non-hydrogen) atoms. The average Bonchev–Trinajstić information content (AvgIpc) is 2.94. The number of carbonyl (C=O) groups is 3. The van der Waals surface area contributed by atoms with Crippen molar-refractivity contribution in [3.05, 3.63) is 34.6 Å². The summed E-state index contributed by atoms with van der Waals surface area (Å²) in [5.41, 5.74) is 0.718. The van der Waals surface area contributed by atoms with Gasteiger partial charge in [0.05, 0.1) is 5.02 Å². The van der Waals surface area contributed by atoms with Crippen molar-refractivity contribution < 1.29 is 23.5 Å². The van der Waals surface area contributed by atoms with Gasteiger partial charge in [0.1, 0.15) is 5.82 Å². The number of piperidine rings is 1. The fourth-order valence-electron chi connectivity index (χ4n) is 3.20. The van der Waals surface area contributed by atoms with E-state index < -0.39 is 11.9 Å². The molecular weight excluding hydrogens is 351 g/mol. The minimum Gasteiger partial charge on any atom is -0.439 e. The van der Waals surface area contributed by atoms with Crippen LogP contribution in [0.1, 0.15) is 24.8 Å². The summed E-state index contributed by atoms with van der Waals surface area (Å²) in [6, 6.07) is 4.31. The number of amides is 3. The van der Waals surface area contributed by atoms with Gasteiger partial charge >= 0.3 is 6.09 Å². The highest BCUT2D eigenvalue weighted by atomic mass is 35.5. The molecule has 3 rings (SSSR count). The second-order valence-electron chi connectivity index (χ2n) is 6.18. The number of halogens is 2. The third kappa shape index (κ3) is 3.92. The third-order valence-corrected chi connectivity index (χ3v) is 4.88. The van der Waals surface area contributed by atoms with Gasteiger partial charge in [-0.1, -0.05) is 17.7 Å². The SMILES string of the molecule is O=C(CCc1ccc(Cl)c(F)c1)N1CCC(N2C(=O)COC2=O)CC1. The van der Waals surface area contributed by atoms with E-state index in [1.165, 1.54) is 12.1 Å². The van der Waals surface area contributed by atoms with Gasteiger partial charge in [0, 0.05) is 25.6 Å². The first-order valence-corrected chi connectivity index (χ1v) is 8.54. The molecule has 0 unspecified atom stereocenters. The molecule has 2 heterocycles. The van der Waals surface area contributed by atoms with Crippen molar-refractivity contribution >= 4 is 29.5 Å². The van der Waals surface area contributed by atoms with Crippen molar-refractivity contribution in [1.29, 1.82) is 0 Å². The minimum atomic E-state index is -0.598. The Morgan fingerprint density at radius 2 is 2.00 bits per heavy atom. The fourth-order valence-corrected chi connectivity index (χ4v) is 3.31. The number of aryl methyl sites for hydroxylation is 1. The molecule has 3 amide bonds. The Balaban J connectivity index is 1.49. The second kappa shape index (κ2) is 7.39. The average molecular weight is 369 g/mol. The number of ether oxygens (including phenoxy) is 1. The van der Waals surface area contributed by atoms with Crippen LogP contribution >= 0.6 is 11.6 Å². The lowest BCUT2D eigenvalue weighted by Crippen LogP contribution is -2.48. The van der Waals surface area contributed by atoms with Crippen LogP contribution in [0.3, 0.4) is 0 Å². The predicted octanol–water partition coefficient (Wildman–Crippen LogP) is 2.38. The molecule has 134 valence electrons. The van der Waals surface area contributed by atoms with Crippen molar-refractivity contribution in [1.82, 2.24) is 9.80 Å². The normalized spacial score (nSPS) is 18.6. The summed E-state index contributed by atoms with van der Waals surface area (Å²) in [4.78, 5) is 38.4. The van der Waals surface area contributed by atoms with Crippen LogP contribution < -0.4 is 0 Å². The van der Waals surface area contributed by atoms with E-state index in [1.54, 1.807) is 11.0 Å². The lowest BCUT2D eigenvalue weighted by atomic mass is 10.0. The van der Waals surface area contributed by atoms with E-state index in [9.17, 15) is 18.8 Å². The Morgan fingerprint density at radius 1 is 1.28 bits per heavy atom. The summed E-state index contributed by atoms with van der Waals surface area (Å²) >= 11 is 5.64. The molecule has 0 N–H and O–H groups in total. The van der Waals surface area contributed by atoms with Crippen molar-refractivity contribution in [3.8, 4) is 0 Å². The molecule has 2 aliphatic heterocycles. The van der Waals surface area contributed by atoms with E-state index in [0.29, 0.717) is 32.4 Å². The van der Waals surface area contributed by atoms with Crippen molar-refractivity contribution in [2.24, 2.45) is 0 Å². The summed E-state index contributed by atoms with van der Waals surface area (Å²) in [6.07, 6.45) is 1.20. The first-order valence-electron chi connectivity index (χ1n) is 8.16. The van der Waals surface area contributed by atoms with Crippen LogP contribution in [0.5, 0.6) is 0 Å². The molecule has 0 saturated carbocycles. The molecule has 2 fully saturated rings. The van der Waals surface area contributed by atoms with Gasteiger partial charge in [-0.2, -0.15) is 0 Å². The standard InChI is InChI=1S/C17H18ClFN2O4/c18-13-3-1-11(9-14(13)19)2-4-15(22)20-7-5-12(6-8-20)21-16(23)10-25-17(21)24/h1,3,9,12H,2,4-8,10H2. The van der Waals surface area contributed by atoms with Crippen LogP contribution in [0.25, 0.3) is 0 Å². The number of hydrogen-bond donors (Lipinski definition) is 0. The van der Waals surface area contributed by atoms with Crippen LogP contribution in [0.4, 0.5) is 9.18 Å². The maximum Gasteiger partial charge on any atom is 0.417 e. The van der Waals surface area contributed by atoms with Crippen LogP contribution in [0, 0.1) is 5.82 Å². The topological polar surface area (TPSA) is 66.9 Å². The molecule has 2 aliphatic rings. The van der Waals surface area contributed by atoms with Crippen LogP contribution in [0.15, 0.2) is 18.2 Å². The number of imide groups is 1. The van der Waals surface area contributed by atoms with Gasteiger partial charge in [0.15, 0.2) is 6.61 Å². The van der Waals surface area contributed by atoms with Crippen molar-refractivity contribution in [3.63, 3.8) is 0 Å². The Labute approximate surface area is 149 Å². The van der Waals surface area contributed by atoms with Gasteiger partial charge in [-0.25, -0.2) is 14.1 Å². The van der Waals surface area contributed by atoms with E-state index >= 15 is 0 Å². The monoisotopic (exact) mass is 368 g/mol. The largest absolute Gasteiger partial charge is 0.439 e. The number of likely N-dealkylation sites (tertiary alicyclic amines) is 1. The van der Waals surface area contributed by atoms with Gasteiger partial charge in [-0.05, 0) is 37.0 Å². The quantitative estimate of drug-likeness (QED) is 0.818. The molecule has 0 bridgehead atoms.